The van der Waals surface area contributed by atoms with Crippen LogP contribution in [0.25, 0.3) is 10.8 Å². The molecule has 1 heteroatoms. The number of hydrogen-bond acceptors (Lipinski definition) is 1. The van der Waals surface area contributed by atoms with Gasteiger partial charge in [0.1, 0.15) is 0 Å². The maximum absolute atomic E-state index is 10.2. The lowest BCUT2D eigenvalue weighted by molar-refractivity contribution is 0.0517. The van der Waals surface area contributed by atoms with Gasteiger partial charge in [-0.25, -0.2) is 0 Å². The van der Waals surface area contributed by atoms with Crippen molar-refractivity contribution in [2.24, 2.45) is 0 Å². The topological polar surface area (TPSA) is 20.2 Å². The Morgan fingerprint density at radius 1 is 1.12 bits per heavy atom. The summed E-state index contributed by atoms with van der Waals surface area (Å²) in [6, 6.07) is 12.8. The molecule has 0 saturated heterocycles. The van der Waals surface area contributed by atoms with E-state index in [1.165, 1.54) is 21.9 Å². The van der Waals surface area contributed by atoms with Crippen molar-refractivity contribution in [3.8, 4) is 0 Å². The second-order valence-corrected chi connectivity index (χ2v) is 5.27. The molecule has 1 aliphatic rings. The molecule has 0 saturated carbocycles. The van der Waals surface area contributed by atoms with Crippen molar-refractivity contribution in [3.05, 3.63) is 47.5 Å². The first-order valence-corrected chi connectivity index (χ1v) is 5.80. The molecule has 1 atom stereocenters. The summed E-state index contributed by atoms with van der Waals surface area (Å²) in [6.45, 7) is 3.81. The minimum Gasteiger partial charge on any atom is -0.390 e. The molecule has 2 aromatic carbocycles. The zero-order valence-corrected chi connectivity index (χ0v) is 9.70. The Balaban J connectivity index is 2.29. The van der Waals surface area contributed by atoms with E-state index in [0.29, 0.717) is 0 Å². The van der Waals surface area contributed by atoms with E-state index in [2.05, 4.69) is 36.4 Å². The molecule has 82 valence electrons. The van der Waals surface area contributed by atoms with Crippen LogP contribution in [0.2, 0.25) is 0 Å². The van der Waals surface area contributed by atoms with Crippen molar-refractivity contribution in [2.45, 2.75) is 31.8 Å². The second kappa shape index (κ2) is 3.08. The van der Waals surface area contributed by atoms with E-state index in [1.807, 2.05) is 13.8 Å². The van der Waals surface area contributed by atoms with Crippen LogP contribution in [0.4, 0.5) is 0 Å². The smallest absolute Gasteiger partial charge is 0.0663 e. The van der Waals surface area contributed by atoms with Crippen molar-refractivity contribution in [2.75, 3.05) is 0 Å². The highest BCUT2D eigenvalue weighted by molar-refractivity contribution is 5.91. The predicted octanol–water partition coefficient (Wildman–Crippen LogP) is 3.25. The summed E-state index contributed by atoms with van der Waals surface area (Å²) in [4.78, 5) is 0. The molecule has 0 radical (unpaired) electrons. The maximum atomic E-state index is 10.2. The van der Waals surface area contributed by atoms with Gasteiger partial charge in [0, 0.05) is 5.92 Å². The van der Waals surface area contributed by atoms with Crippen LogP contribution in [0.1, 0.15) is 30.9 Å². The Bertz CT molecular complexity index is 544. The van der Waals surface area contributed by atoms with Gasteiger partial charge in [0.2, 0.25) is 0 Å². The normalized spacial score (nSPS) is 19.3. The number of benzene rings is 2. The highest BCUT2D eigenvalue weighted by atomic mass is 16.3. The molecule has 0 bridgehead atoms. The van der Waals surface area contributed by atoms with Crippen LogP contribution in [0.3, 0.4) is 0 Å². The van der Waals surface area contributed by atoms with Gasteiger partial charge in [-0.1, -0.05) is 36.4 Å². The lowest BCUT2D eigenvalue weighted by Gasteiger charge is -2.26. The minimum absolute atomic E-state index is 0.230. The fourth-order valence-corrected chi connectivity index (χ4v) is 2.87. The monoisotopic (exact) mass is 212 g/mol. The third-order valence-electron chi connectivity index (χ3n) is 3.68. The molecule has 1 aliphatic carbocycles. The molecule has 16 heavy (non-hydrogen) atoms. The lowest BCUT2D eigenvalue weighted by atomic mass is 9.85. The van der Waals surface area contributed by atoms with Gasteiger partial charge in [-0.05, 0) is 42.2 Å². The van der Waals surface area contributed by atoms with Crippen LogP contribution in [0, 0.1) is 0 Å². The van der Waals surface area contributed by atoms with E-state index >= 15 is 0 Å². The summed E-state index contributed by atoms with van der Waals surface area (Å²) in [7, 11) is 0. The molecule has 1 nitrogen and oxygen atoms in total. The van der Waals surface area contributed by atoms with Crippen LogP contribution >= 0.6 is 0 Å². The molecule has 3 rings (SSSR count). The standard InChI is InChI=1S/C15H16O/c1-15(2,16)13-9-11-7-3-5-10-6-4-8-12(13)14(10)11/h3-8,13,16H,9H2,1-2H3. The summed E-state index contributed by atoms with van der Waals surface area (Å²) in [5, 5.41) is 12.9. The predicted molar refractivity (Wildman–Crippen MR) is 66.7 cm³/mol. The van der Waals surface area contributed by atoms with Crippen molar-refractivity contribution >= 4 is 10.8 Å². The van der Waals surface area contributed by atoms with E-state index in [9.17, 15) is 5.11 Å². The van der Waals surface area contributed by atoms with Crippen molar-refractivity contribution in [3.63, 3.8) is 0 Å². The molecule has 0 fully saturated rings. The quantitative estimate of drug-likeness (QED) is 0.769. The molecular weight excluding hydrogens is 196 g/mol. The first-order chi connectivity index (χ1) is 7.57. The largest absolute Gasteiger partial charge is 0.390 e. The Kier molecular flexibility index (Phi) is 1.90. The maximum Gasteiger partial charge on any atom is 0.0663 e. The van der Waals surface area contributed by atoms with Crippen LogP contribution < -0.4 is 0 Å². The fraction of sp³-hybridized carbons (Fsp3) is 0.333. The van der Waals surface area contributed by atoms with E-state index < -0.39 is 5.60 Å². The van der Waals surface area contributed by atoms with Gasteiger partial charge >= 0.3 is 0 Å². The third-order valence-corrected chi connectivity index (χ3v) is 3.68. The summed E-state index contributed by atoms with van der Waals surface area (Å²) in [5.41, 5.74) is 2.04. The molecule has 1 unspecified atom stereocenters. The third kappa shape index (κ3) is 1.28. The first kappa shape index (κ1) is 9.86. The highest BCUT2D eigenvalue weighted by Gasteiger charge is 2.34. The van der Waals surface area contributed by atoms with Gasteiger partial charge in [0.15, 0.2) is 0 Å². The molecule has 0 aromatic heterocycles. The molecule has 0 amide bonds. The highest BCUT2D eigenvalue weighted by Crippen LogP contribution is 2.43. The van der Waals surface area contributed by atoms with Gasteiger partial charge in [-0.3, -0.25) is 0 Å². The molecular formula is C15H16O. The van der Waals surface area contributed by atoms with Gasteiger partial charge < -0.3 is 5.11 Å². The Morgan fingerprint density at radius 3 is 2.50 bits per heavy atom. The SMILES string of the molecule is CC(C)(O)C1Cc2cccc3cccc1c23. The van der Waals surface area contributed by atoms with E-state index in [4.69, 9.17) is 0 Å². The lowest BCUT2D eigenvalue weighted by Crippen LogP contribution is -2.28. The van der Waals surface area contributed by atoms with E-state index in [1.54, 1.807) is 0 Å². The van der Waals surface area contributed by atoms with E-state index in [-0.39, 0.29) is 5.92 Å². The average molecular weight is 212 g/mol. The van der Waals surface area contributed by atoms with Gasteiger partial charge in [-0.2, -0.15) is 0 Å². The molecule has 0 aliphatic heterocycles. The van der Waals surface area contributed by atoms with Crippen molar-refractivity contribution < 1.29 is 5.11 Å². The summed E-state index contributed by atoms with van der Waals surface area (Å²) >= 11 is 0. The Labute approximate surface area is 95.7 Å². The number of hydrogen-bond donors (Lipinski definition) is 1. The Hall–Kier alpha value is -1.34. The van der Waals surface area contributed by atoms with Crippen molar-refractivity contribution in [1.29, 1.82) is 0 Å². The van der Waals surface area contributed by atoms with Gasteiger partial charge in [0.05, 0.1) is 5.60 Å². The Morgan fingerprint density at radius 2 is 1.81 bits per heavy atom. The molecule has 2 aromatic rings. The van der Waals surface area contributed by atoms with Crippen LogP contribution in [0.15, 0.2) is 36.4 Å². The average Bonchev–Trinajstić information content (AvgIpc) is 2.60. The summed E-state index contributed by atoms with van der Waals surface area (Å²) < 4.78 is 0. The van der Waals surface area contributed by atoms with Crippen LogP contribution in [-0.4, -0.2) is 10.7 Å². The minimum atomic E-state index is -0.646. The zero-order valence-electron chi connectivity index (χ0n) is 9.70. The molecule has 0 spiro atoms. The van der Waals surface area contributed by atoms with Gasteiger partial charge in [-0.15, -0.1) is 0 Å². The van der Waals surface area contributed by atoms with Crippen LogP contribution in [-0.2, 0) is 6.42 Å². The van der Waals surface area contributed by atoms with Crippen molar-refractivity contribution in [1.82, 2.24) is 0 Å². The van der Waals surface area contributed by atoms with Crippen LogP contribution in [0.5, 0.6) is 0 Å². The molecule has 0 heterocycles. The number of aliphatic hydroxyl groups is 1. The zero-order chi connectivity index (χ0) is 11.3. The summed E-state index contributed by atoms with van der Waals surface area (Å²) in [5.74, 6) is 0.230. The van der Waals surface area contributed by atoms with E-state index in [0.717, 1.165) is 6.42 Å². The summed E-state index contributed by atoms with van der Waals surface area (Å²) in [6.07, 6.45) is 0.959. The molecule has 1 N–H and O–H groups in total. The fourth-order valence-electron chi connectivity index (χ4n) is 2.87. The second-order valence-electron chi connectivity index (χ2n) is 5.27. The van der Waals surface area contributed by atoms with Gasteiger partial charge in [0.25, 0.3) is 0 Å². The number of rotatable bonds is 1. The first-order valence-electron chi connectivity index (χ1n) is 5.80.